The lowest BCUT2D eigenvalue weighted by atomic mass is 9.77. The molecule has 0 radical (unpaired) electrons. The normalized spacial score (nSPS) is 22.6. The molecule has 3 N–H and O–H groups in total. The Kier molecular flexibility index (Phi) is 7.88. The monoisotopic (exact) mass is 478 g/mol. The van der Waals surface area contributed by atoms with E-state index in [2.05, 4.69) is 19.2 Å². The van der Waals surface area contributed by atoms with E-state index in [0.29, 0.717) is 23.8 Å². The summed E-state index contributed by atoms with van der Waals surface area (Å²) in [5.41, 5.74) is 2.18. The smallest absolute Gasteiger partial charge is 0.247 e. The van der Waals surface area contributed by atoms with Crippen molar-refractivity contribution in [2.75, 3.05) is 19.7 Å². The second-order valence-corrected chi connectivity index (χ2v) is 9.61. The predicted octanol–water partition coefficient (Wildman–Crippen LogP) is 2.43. The molecule has 186 valence electrons. The van der Waals surface area contributed by atoms with Crippen molar-refractivity contribution in [3.63, 3.8) is 0 Å². The van der Waals surface area contributed by atoms with E-state index in [1.165, 1.54) is 0 Å². The Morgan fingerprint density at radius 1 is 1.09 bits per heavy atom. The predicted molar refractivity (Wildman–Crippen MR) is 133 cm³/mol. The summed E-state index contributed by atoms with van der Waals surface area (Å²) < 4.78 is 6.15. The third-order valence-electron chi connectivity index (χ3n) is 6.70. The van der Waals surface area contributed by atoms with Gasteiger partial charge < -0.3 is 25.2 Å². The molecule has 2 aromatic rings. The zero-order valence-corrected chi connectivity index (χ0v) is 20.3. The van der Waals surface area contributed by atoms with Crippen LogP contribution in [0.2, 0.25) is 0 Å². The summed E-state index contributed by atoms with van der Waals surface area (Å²) in [5, 5.41) is 23.5. The number of amides is 2. The minimum atomic E-state index is -1.01. The molecule has 1 heterocycles. The van der Waals surface area contributed by atoms with Gasteiger partial charge in [0.2, 0.25) is 11.8 Å². The number of ether oxygens (including phenoxy) is 1. The van der Waals surface area contributed by atoms with Crippen LogP contribution >= 0.6 is 0 Å². The number of aliphatic hydroxyl groups excluding tert-OH is 2. The summed E-state index contributed by atoms with van der Waals surface area (Å²) in [5.74, 6) is 0.102. The van der Waals surface area contributed by atoms with Gasteiger partial charge in [0.15, 0.2) is 0 Å². The van der Waals surface area contributed by atoms with E-state index in [9.17, 15) is 19.8 Å². The van der Waals surface area contributed by atoms with Crippen molar-refractivity contribution in [2.24, 2.45) is 5.92 Å². The Morgan fingerprint density at radius 3 is 2.51 bits per heavy atom. The molecule has 4 rings (SSSR count). The zero-order chi connectivity index (χ0) is 24.9. The number of aliphatic hydroxyl groups is 2. The molecule has 0 aromatic heterocycles. The second kappa shape index (κ2) is 11.1. The van der Waals surface area contributed by atoms with Crippen LogP contribution in [-0.4, -0.2) is 64.9 Å². The van der Waals surface area contributed by atoms with E-state index in [-0.39, 0.29) is 31.4 Å². The first-order valence-corrected chi connectivity index (χ1v) is 12.3. The first-order chi connectivity index (χ1) is 16.9. The summed E-state index contributed by atoms with van der Waals surface area (Å²) in [6.45, 7) is 4.58. The average Bonchev–Trinajstić information content (AvgIpc) is 3.24. The van der Waals surface area contributed by atoms with Gasteiger partial charge in [-0.2, -0.15) is 0 Å². The molecule has 2 amide bonds. The molecule has 1 aliphatic heterocycles. The number of nitrogens with zero attached hydrogens (tertiary/aromatic N) is 1. The molecular formula is C28H34N2O5. The summed E-state index contributed by atoms with van der Waals surface area (Å²) in [6.07, 6.45) is 1.00. The third-order valence-corrected chi connectivity index (χ3v) is 6.70. The van der Waals surface area contributed by atoms with Crippen LogP contribution in [0.5, 0.6) is 5.75 Å². The zero-order valence-electron chi connectivity index (χ0n) is 20.3. The summed E-state index contributed by atoms with van der Waals surface area (Å²) in [6, 6.07) is 16.3. The number of carbonyl (C=O) groups is 2. The van der Waals surface area contributed by atoms with Crippen LogP contribution in [0.3, 0.4) is 0 Å². The number of carbonyl (C=O) groups excluding carboxylic acids is 2. The van der Waals surface area contributed by atoms with Gasteiger partial charge in [0.1, 0.15) is 18.0 Å². The van der Waals surface area contributed by atoms with Crippen LogP contribution < -0.4 is 10.1 Å². The molecule has 4 atom stereocenters. The van der Waals surface area contributed by atoms with E-state index in [4.69, 9.17) is 4.74 Å². The number of rotatable bonds is 9. The van der Waals surface area contributed by atoms with Gasteiger partial charge in [-0.3, -0.25) is 9.59 Å². The molecule has 4 unspecified atom stereocenters. The van der Waals surface area contributed by atoms with E-state index in [0.717, 1.165) is 17.5 Å². The molecule has 7 nitrogen and oxygen atoms in total. The van der Waals surface area contributed by atoms with Crippen molar-refractivity contribution < 1.29 is 24.5 Å². The van der Waals surface area contributed by atoms with Crippen molar-refractivity contribution in [3.05, 3.63) is 77.4 Å². The number of fused-ring (bicyclic) bond motifs is 3. The second-order valence-electron chi connectivity index (χ2n) is 9.61. The highest BCUT2D eigenvalue weighted by Gasteiger charge is 2.50. The van der Waals surface area contributed by atoms with Crippen molar-refractivity contribution in [2.45, 2.75) is 50.9 Å². The molecule has 2 aromatic carbocycles. The Hall–Kier alpha value is -3.16. The van der Waals surface area contributed by atoms with Gasteiger partial charge in [-0.1, -0.05) is 62.4 Å². The number of hydrogen-bond acceptors (Lipinski definition) is 5. The Bertz CT molecular complexity index is 1070. The Labute approximate surface area is 206 Å². The number of benzene rings is 2. The number of hydrogen-bond donors (Lipinski definition) is 3. The highest BCUT2D eigenvalue weighted by molar-refractivity contribution is 5.96. The van der Waals surface area contributed by atoms with Crippen LogP contribution in [0.1, 0.15) is 37.3 Å². The first kappa shape index (κ1) is 24.9. The lowest BCUT2D eigenvalue weighted by molar-refractivity contribution is -0.136. The van der Waals surface area contributed by atoms with E-state index >= 15 is 0 Å². The molecule has 2 aliphatic rings. The van der Waals surface area contributed by atoms with Gasteiger partial charge in [0, 0.05) is 24.2 Å². The molecule has 7 heteroatoms. The van der Waals surface area contributed by atoms with E-state index < -0.39 is 24.2 Å². The molecule has 0 fully saturated rings. The molecule has 0 spiro atoms. The van der Waals surface area contributed by atoms with E-state index in [1.54, 1.807) is 11.0 Å². The number of nitrogens with one attached hydrogen (secondary N) is 1. The Morgan fingerprint density at radius 2 is 1.80 bits per heavy atom. The minimum Gasteiger partial charge on any atom is -0.486 e. The fraction of sp³-hybridized carbons (Fsp3) is 0.429. The lowest BCUT2D eigenvalue weighted by Gasteiger charge is -2.41. The summed E-state index contributed by atoms with van der Waals surface area (Å²) in [4.78, 5) is 28.4. The largest absolute Gasteiger partial charge is 0.486 e. The molecule has 1 aliphatic carbocycles. The maximum Gasteiger partial charge on any atom is 0.247 e. The van der Waals surface area contributed by atoms with Gasteiger partial charge in [-0.15, -0.1) is 0 Å². The van der Waals surface area contributed by atoms with Gasteiger partial charge in [0.25, 0.3) is 0 Å². The van der Waals surface area contributed by atoms with Crippen molar-refractivity contribution in [1.82, 2.24) is 10.2 Å². The topological polar surface area (TPSA) is 99.1 Å². The fourth-order valence-corrected chi connectivity index (χ4v) is 4.90. The molecule has 35 heavy (non-hydrogen) atoms. The molecule has 0 saturated heterocycles. The number of para-hydroxylation sites is 1. The summed E-state index contributed by atoms with van der Waals surface area (Å²) in [7, 11) is 0. The first-order valence-electron chi connectivity index (χ1n) is 12.3. The van der Waals surface area contributed by atoms with Crippen LogP contribution in [-0.2, 0) is 16.0 Å². The van der Waals surface area contributed by atoms with Crippen LogP contribution in [0.25, 0.3) is 0 Å². The maximum atomic E-state index is 13.5. The summed E-state index contributed by atoms with van der Waals surface area (Å²) >= 11 is 0. The average molecular weight is 479 g/mol. The van der Waals surface area contributed by atoms with Gasteiger partial charge in [0.05, 0.1) is 25.0 Å². The quantitative estimate of drug-likeness (QED) is 0.514. The third kappa shape index (κ3) is 5.41. The highest BCUT2D eigenvalue weighted by atomic mass is 16.5. The van der Waals surface area contributed by atoms with Gasteiger partial charge in [-0.25, -0.2) is 0 Å². The van der Waals surface area contributed by atoms with E-state index in [1.807, 2.05) is 54.6 Å². The van der Waals surface area contributed by atoms with Gasteiger partial charge in [-0.05, 0) is 30.0 Å². The fourth-order valence-electron chi connectivity index (χ4n) is 4.90. The van der Waals surface area contributed by atoms with Crippen LogP contribution in [0.15, 0.2) is 66.2 Å². The molecule has 0 bridgehead atoms. The van der Waals surface area contributed by atoms with Crippen LogP contribution in [0, 0.1) is 5.92 Å². The van der Waals surface area contributed by atoms with Crippen LogP contribution in [0.4, 0.5) is 0 Å². The molecular weight excluding hydrogens is 444 g/mol. The van der Waals surface area contributed by atoms with Crippen molar-refractivity contribution in [3.8, 4) is 5.75 Å². The molecule has 0 saturated carbocycles. The highest BCUT2D eigenvalue weighted by Crippen LogP contribution is 2.47. The van der Waals surface area contributed by atoms with Crippen molar-refractivity contribution >= 4 is 11.8 Å². The van der Waals surface area contributed by atoms with Crippen molar-refractivity contribution in [1.29, 1.82) is 0 Å². The maximum absolute atomic E-state index is 13.5. The Balaban J connectivity index is 1.71. The lowest BCUT2D eigenvalue weighted by Crippen LogP contribution is -2.56. The minimum absolute atomic E-state index is 0.110. The SMILES string of the molecule is CC(C)CCN(C(=O)Cc1ccccc1)C1C=C(C(=O)NCCO)C2c3ccccc3OC2C1O. The standard InChI is InChI=1S/C28H34N2O5/c1-18(2)12-14-30(24(32)16-19-8-4-3-5-9-19)22-17-21(28(34)29-13-15-31)25-20-10-6-7-11-23(20)35-27(25)26(22)33/h3-11,17-18,22,25-27,31,33H,12-16H2,1-2H3,(H,29,34). The van der Waals surface area contributed by atoms with Gasteiger partial charge >= 0.3 is 0 Å².